The molecule has 2 N–H and O–H groups in total. The molecule has 0 saturated heterocycles. The van der Waals surface area contributed by atoms with Gasteiger partial charge in [-0.15, -0.1) is 0 Å². The number of aliphatic hydroxyl groups is 1. The van der Waals surface area contributed by atoms with Gasteiger partial charge in [0.2, 0.25) is 0 Å². The predicted molar refractivity (Wildman–Crippen MR) is 73.3 cm³/mol. The lowest BCUT2D eigenvalue weighted by Gasteiger charge is -2.36. The van der Waals surface area contributed by atoms with Gasteiger partial charge in [0, 0.05) is 25.2 Å². The van der Waals surface area contributed by atoms with Crippen molar-refractivity contribution in [2.75, 3.05) is 26.2 Å². The van der Waals surface area contributed by atoms with Gasteiger partial charge in [-0.1, -0.05) is 33.1 Å². The summed E-state index contributed by atoms with van der Waals surface area (Å²) in [5.41, 5.74) is 0. The molecule has 3 heteroatoms. The summed E-state index contributed by atoms with van der Waals surface area (Å²) in [5, 5.41) is 12.6. The van der Waals surface area contributed by atoms with Crippen LogP contribution in [0.5, 0.6) is 0 Å². The number of aliphatic hydroxyl groups excluding tert-OH is 1. The summed E-state index contributed by atoms with van der Waals surface area (Å²) in [6, 6.07) is 1.24. The van der Waals surface area contributed by atoms with Crippen LogP contribution in [0.1, 0.15) is 52.4 Å². The van der Waals surface area contributed by atoms with E-state index < -0.39 is 0 Å². The van der Waals surface area contributed by atoms with Crippen LogP contribution in [-0.4, -0.2) is 48.3 Å². The molecule has 3 nitrogen and oxygen atoms in total. The summed E-state index contributed by atoms with van der Waals surface area (Å²) in [7, 11) is 0. The number of hydrogen-bond donors (Lipinski definition) is 2. The minimum Gasteiger partial charge on any atom is -0.396 e. The molecule has 1 unspecified atom stereocenters. The molecule has 102 valence electrons. The highest BCUT2D eigenvalue weighted by Gasteiger charge is 2.22. The molecule has 0 aromatic heterocycles. The molecule has 0 amide bonds. The first-order valence-corrected chi connectivity index (χ1v) is 7.40. The van der Waals surface area contributed by atoms with Crippen molar-refractivity contribution >= 4 is 0 Å². The van der Waals surface area contributed by atoms with Crippen LogP contribution in [0.25, 0.3) is 0 Å². The van der Waals surface area contributed by atoms with Crippen LogP contribution >= 0.6 is 0 Å². The Morgan fingerprint density at radius 3 is 2.47 bits per heavy atom. The van der Waals surface area contributed by atoms with Gasteiger partial charge in [-0.05, 0) is 32.4 Å². The molecule has 0 heterocycles. The van der Waals surface area contributed by atoms with Gasteiger partial charge >= 0.3 is 0 Å². The third-order valence-corrected chi connectivity index (χ3v) is 3.92. The van der Waals surface area contributed by atoms with Crippen LogP contribution in [0.15, 0.2) is 0 Å². The van der Waals surface area contributed by atoms with Gasteiger partial charge < -0.3 is 10.4 Å². The number of nitrogens with zero attached hydrogens (tertiary/aromatic N) is 1. The topological polar surface area (TPSA) is 35.5 Å². The Balaban J connectivity index is 2.41. The molecule has 0 bridgehead atoms. The molecule has 1 aliphatic rings. The fraction of sp³-hybridized carbons (Fsp3) is 1.00. The molecule has 0 aliphatic heterocycles. The van der Waals surface area contributed by atoms with Gasteiger partial charge in [0.05, 0.1) is 0 Å². The average Bonchev–Trinajstić information content (AvgIpc) is 2.37. The van der Waals surface area contributed by atoms with E-state index in [1.807, 2.05) is 0 Å². The molecule has 0 aromatic rings. The van der Waals surface area contributed by atoms with Crippen LogP contribution in [0.3, 0.4) is 0 Å². The summed E-state index contributed by atoms with van der Waals surface area (Å²) in [5.74, 6) is 0. The Bertz CT molecular complexity index is 175. The van der Waals surface area contributed by atoms with Gasteiger partial charge in [-0.25, -0.2) is 0 Å². The van der Waals surface area contributed by atoms with Gasteiger partial charge in [0.1, 0.15) is 0 Å². The monoisotopic (exact) mass is 242 g/mol. The molecule has 1 saturated carbocycles. The molecule has 0 aromatic carbocycles. The van der Waals surface area contributed by atoms with Crippen molar-refractivity contribution in [3.05, 3.63) is 0 Å². The molecule has 1 aliphatic carbocycles. The van der Waals surface area contributed by atoms with E-state index in [4.69, 9.17) is 5.11 Å². The summed E-state index contributed by atoms with van der Waals surface area (Å²) in [6.07, 6.45) is 7.82. The summed E-state index contributed by atoms with van der Waals surface area (Å²) < 4.78 is 0. The van der Waals surface area contributed by atoms with Crippen molar-refractivity contribution in [2.24, 2.45) is 0 Å². The Morgan fingerprint density at radius 2 is 1.94 bits per heavy atom. The highest BCUT2D eigenvalue weighted by Crippen LogP contribution is 2.22. The first-order chi connectivity index (χ1) is 8.31. The lowest BCUT2D eigenvalue weighted by Crippen LogP contribution is -2.46. The first-order valence-electron chi connectivity index (χ1n) is 7.40. The quantitative estimate of drug-likeness (QED) is 0.683. The second-order valence-corrected chi connectivity index (χ2v) is 5.15. The fourth-order valence-corrected chi connectivity index (χ4v) is 2.97. The van der Waals surface area contributed by atoms with E-state index >= 15 is 0 Å². The van der Waals surface area contributed by atoms with Crippen molar-refractivity contribution in [2.45, 2.75) is 64.5 Å². The molecule has 17 heavy (non-hydrogen) atoms. The standard InChI is InChI=1S/C14H30N2O/c1-3-15-13(10-11-17)12-16(4-2)14-8-6-5-7-9-14/h13-15,17H,3-12H2,1-2H3. The van der Waals surface area contributed by atoms with Gasteiger partial charge in [0.25, 0.3) is 0 Å². The van der Waals surface area contributed by atoms with Crippen LogP contribution in [0.4, 0.5) is 0 Å². The zero-order valence-electron chi connectivity index (χ0n) is 11.6. The van der Waals surface area contributed by atoms with Crippen molar-refractivity contribution < 1.29 is 5.11 Å². The molecular weight excluding hydrogens is 212 g/mol. The Hall–Kier alpha value is -0.120. The number of rotatable bonds is 8. The van der Waals surface area contributed by atoms with E-state index in [2.05, 4.69) is 24.1 Å². The number of hydrogen-bond acceptors (Lipinski definition) is 3. The molecule has 1 fully saturated rings. The van der Waals surface area contributed by atoms with Crippen molar-refractivity contribution in [1.29, 1.82) is 0 Å². The molecule has 0 radical (unpaired) electrons. The maximum atomic E-state index is 9.10. The first kappa shape index (κ1) is 14.9. The maximum Gasteiger partial charge on any atom is 0.0446 e. The van der Waals surface area contributed by atoms with E-state index in [-0.39, 0.29) is 0 Å². The fourth-order valence-electron chi connectivity index (χ4n) is 2.97. The summed E-state index contributed by atoms with van der Waals surface area (Å²) >= 11 is 0. The zero-order chi connectivity index (χ0) is 12.5. The lowest BCUT2D eigenvalue weighted by atomic mass is 9.93. The van der Waals surface area contributed by atoms with E-state index in [0.29, 0.717) is 12.6 Å². The normalized spacial score (nSPS) is 19.8. The van der Waals surface area contributed by atoms with Gasteiger partial charge in [-0.2, -0.15) is 0 Å². The highest BCUT2D eigenvalue weighted by atomic mass is 16.3. The third-order valence-electron chi connectivity index (χ3n) is 3.92. The summed E-state index contributed by atoms with van der Waals surface area (Å²) in [4.78, 5) is 2.61. The van der Waals surface area contributed by atoms with Gasteiger partial charge in [0.15, 0.2) is 0 Å². The number of nitrogens with one attached hydrogen (secondary N) is 1. The third kappa shape index (κ3) is 5.36. The van der Waals surface area contributed by atoms with Crippen molar-refractivity contribution in [1.82, 2.24) is 10.2 Å². The minimum absolute atomic E-state index is 0.292. The lowest BCUT2D eigenvalue weighted by molar-refractivity contribution is 0.139. The second-order valence-electron chi connectivity index (χ2n) is 5.15. The molecule has 1 rings (SSSR count). The van der Waals surface area contributed by atoms with Crippen LogP contribution in [-0.2, 0) is 0 Å². The Labute approximate surface area is 107 Å². The van der Waals surface area contributed by atoms with E-state index in [1.165, 1.54) is 32.1 Å². The maximum absolute atomic E-state index is 9.10. The largest absolute Gasteiger partial charge is 0.396 e. The van der Waals surface area contributed by atoms with E-state index in [0.717, 1.165) is 32.1 Å². The molecular formula is C14H30N2O. The second kappa shape index (κ2) is 8.90. The smallest absolute Gasteiger partial charge is 0.0446 e. The highest BCUT2D eigenvalue weighted by molar-refractivity contribution is 4.79. The van der Waals surface area contributed by atoms with Crippen LogP contribution in [0.2, 0.25) is 0 Å². The Kier molecular flexibility index (Phi) is 7.82. The number of likely N-dealkylation sites (N-methyl/N-ethyl adjacent to an activating group) is 2. The van der Waals surface area contributed by atoms with E-state index in [1.54, 1.807) is 0 Å². The molecule has 0 spiro atoms. The zero-order valence-corrected chi connectivity index (χ0v) is 11.6. The summed E-state index contributed by atoms with van der Waals surface area (Å²) in [6.45, 7) is 7.91. The van der Waals surface area contributed by atoms with E-state index in [9.17, 15) is 0 Å². The van der Waals surface area contributed by atoms with Crippen molar-refractivity contribution in [3.63, 3.8) is 0 Å². The predicted octanol–water partition coefficient (Wildman–Crippen LogP) is 2.00. The van der Waals surface area contributed by atoms with Crippen molar-refractivity contribution in [3.8, 4) is 0 Å². The average molecular weight is 242 g/mol. The van der Waals surface area contributed by atoms with Crippen LogP contribution in [0, 0.1) is 0 Å². The van der Waals surface area contributed by atoms with Crippen LogP contribution < -0.4 is 5.32 Å². The Morgan fingerprint density at radius 1 is 1.24 bits per heavy atom. The SMILES string of the molecule is CCNC(CCO)CN(CC)C1CCCCC1. The van der Waals surface area contributed by atoms with Gasteiger partial charge in [-0.3, -0.25) is 4.90 Å². The minimum atomic E-state index is 0.292. The molecule has 1 atom stereocenters.